The van der Waals surface area contributed by atoms with Crippen LogP contribution in [0.5, 0.6) is 0 Å². The summed E-state index contributed by atoms with van der Waals surface area (Å²) in [5, 5.41) is 4.91. The number of aromatic nitrogens is 3. The molecule has 0 amide bonds. The largest absolute Gasteiger partial charge is 0.465 e. The molecule has 0 atom stereocenters. The normalized spacial score (nSPS) is 10.4. The Balaban J connectivity index is 2.25. The Kier molecular flexibility index (Phi) is 4.39. The third-order valence-electron chi connectivity index (χ3n) is 3.35. The molecule has 3 rings (SSSR count). The van der Waals surface area contributed by atoms with E-state index in [1.807, 2.05) is 0 Å². The molecule has 24 heavy (non-hydrogen) atoms. The van der Waals surface area contributed by atoms with Gasteiger partial charge in [-0.3, -0.25) is 9.78 Å². The molecule has 0 bridgehead atoms. The fourth-order valence-corrected chi connectivity index (χ4v) is 2.29. The van der Waals surface area contributed by atoms with Crippen LogP contribution in [-0.2, 0) is 4.74 Å². The molecular weight excluding hydrogens is 330 g/mol. The summed E-state index contributed by atoms with van der Waals surface area (Å²) in [4.78, 5) is 28.5. The van der Waals surface area contributed by atoms with Gasteiger partial charge in [-0.05, 0) is 30.3 Å². The van der Waals surface area contributed by atoms with Crippen LogP contribution in [0, 0.1) is 0 Å². The summed E-state index contributed by atoms with van der Waals surface area (Å²) in [7, 11) is 1.22. The molecule has 1 aromatic carbocycles. The van der Waals surface area contributed by atoms with Gasteiger partial charge in [0.25, 0.3) is 5.56 Å². The summed E-state index contributed by atoms with van der Waals surface area (Å²) in [5.41, 5.74) is 0.912. The van der Waals surface area contributed by atoms with Crippen LogP contribution in [0.3, 0.4) is 0 Å². The number of carbonyl (C=O) groups excluding carboxylic acids is 1. The average Bonchev–Trinajstić information content (AvgIpc) is 2.63. The lowest BCUT2D eigenvalue weighted by molar-refractivity contribution is 0.0598. The van der Waals surface area contributed by atoms with E-state index in [1.54, 1.807) is 42.6 Å². The Morgan fingerprint density at radius 3 is 2.58 bits per heavy atom. The van der Waals surface area contributed by atoms with E-state index in [4.69, 9.17) is 16.3 Å². The third-order valence-corrected chi connectivity index (χ3v) is 3.60. The number of hydrogen-bond acceptors (Lipinski definition) is 5. The summed E-state index contributed by atoms with van der Waals surface area (Å²) in [6.07, 6.45) is 3.07. The van der Waals surface area contributed by atoms with E-state index in [9.17, 15) is 9.59 Å². The summed E-state index contributed by atoms with van der Waals surface area (Å²) in [6, 6.07) is 11.7. The van der Waals surface area contributed by atoms with Crippen molar-refractivity contribution in [1.29, 1.82) is 0 Å². The van der Waals surface area contributed by atoms with E-state index in [0.717, 1.165) is 4.68 Å². The maximum Gasteiger partial charge on any atom is 0.343 e. The van der Waals surface area contributed by atoms with Crippen molar-refractivity contribution in [3.8, 4) is 16.9 Å². The molecule has 120 valence electrons. The number of benzene rings is 1. The zero-order valence-corrected chi connectivity index (χ0v) is 13.4. The highest BCUT2D eigenvalue weighted by Crippen LogP contribution is 2.20. The van der Waals surface area contributed by atoms with Crippen molar-refractivity contribution in [3.05, 3.63) is 75.8 Å². The van der Waals surface area contributed by atoms with Gasteiger partial charge in [-0.15, -0.1) is 0 Å². The number of hydrogen-bond donors (Lipinski definition) is 0. The molecule has 2 heterocycles. The number of pyridine rings is 1. The molecule has 0 unspecified atom stereocenters. The zero-order chi connectivity index (χ0) is 17.1. The quantitative estimate of drug-likeness (QED) is 0.685. The van der Waals surface area contributed by atoms with Gasteiger partial charge in [-0.25, -0.2) is 4.79 Å². The molecule has 0 N–H and O–H groups in total. The Morgan fingerprint density at radius 1 is 1.21 bits per heavy atom. The number of halogens is 1. The highest BCUT2D eigenvalue weighted by Gasteiger charge is 2.17. The minimum absolute atomic E-state index is 0.110. The maximum atomic E-state index is 12.6. The van der Waals surface area contributed by atoms with Gasteiger partial charge in [0.05, 0.1) is 24.7 Å². The summed E-state index contributed by atoms with van der Waals surface area (Å²) >= 11 is 5.90. The van der Waals surface area contributed by atoms with Crippen LogP contribution in [-0.4, -0.2) is 27.8 Å². The van der Waals surface area contributed by atoms with Crippen molar-refractivity contribution in [2.45, 2.75) is 0 Å². The van der Waals surface area contributed by atoms with Crippen LogP contribution in [0.25, 0.3) is 16.9 Å². The SMILES string of the molecule is COC(=O)c1cc(-c2ccc(Cl)cc2)nn(-c2cccnc2)c1=O. The first-order valence-electron chi connectivity index (χ1n) is 6.99. The van der Waals surface area contributed by atoms with Gasteiger partial charge in [0, 0.05) is 16.8 Å². The van der Waals surface area contributed by atoms with Crippen LogP contribution in [0.15, 0.2) is 59.7 Å². The monoisotopic (exact) mass is 341 g/mol. The van der Waals surface area contributed by atoms with Crippen molar-refractivity contribution in [2.75, 3.05) is 7.11 Å². The lowest BCUT2D eigenvalue weighted by atomic mass is 10.1. The molecule has 0 aliphatic rings. The van der Waals surface area contributed by atoms with Gasteiger partial charge >= 0.3 is 5.97 Å². The molecular formula is C17H12ClN3O3. The molecule has 0 saturated carbocycles. The first-order valence-corrected chi connectivity index (χ1v) is 7.37. The molecule has 6 nitrogen and oxygen atoms in total. The summed E-state index contributed by atoms with van der Waals surface area (Å²) < 4.78 is 5.83. The van der Waals surface area contributed by atoms with Crippen LogP contribution >= 0.6 is 11.6 Å². The number of esters is 1. The molecule has 7 heteroatoms. The molecule has 0 radical (unpaired) electrons. The van der Waals surface area contributed by atoms with Gasteiger partial charge in [0.15, 0.2) is 0 Å². The van der Waals surface area contributed by atoms with Gasteiger partial charge in [-0.1, -0.05) is 23.7 Å². The van der Waals surface area contributed by atoms with E-state index < -0.39 is 11.5 Å². The minimum Gasteiger partial charge on any atom is -0.465 e. The Bertz CT molecular complexity index is 938. The van der Waals surface area contributed by atoms with Crippen LogP contribution in [0.1, 0.15) is 10.4 Å². The van der Waals surface area contributed by atoms with Crippen LogP contribution in [0.2, 0.25) is 5.02 Å². The first kappa shape index (κ1) is 15.9. The second kappa shape index (κ2) is 6.64. The fraction of sp³-hybridized carbons (Fsp3) is 0.0588. The third kappa shape index (κ3) is 3.04. The predicted molar refractivity (Wildman–Crippen MR) is 89.4 cm³/mol. The van der Waals surface area contributed by atoms with E-state index in [0.29, 0.717) is 22.0 Å². The standard InChI is InChI=1S/C17H12ClN3O3/c1-24-17(23)14-9-15(11-4-6-12(18)7-5-11)20-21(16(14)22)13-3-2-8-19-10-13/h2-10H,1H3. The highest BCUT2D eigenvalue weighted by molar-refractivity contribution is 6.30. The fourth-order valence-electron chi connectivity index (χ4n) is 2.17. The molecule has 0 aliphatic heterocycles. The molecule has 2 aromatic heterocycles. The predicted octanol–water partition coefficient (Wildman–Crippen LogP) is 2.73. The second-order valence-electron chi connectivity index (χ2n) is 4.87. The van der Waals surface area contributed by atoms with Gasteiger partial charge in [0.1, 0.15) is 5.56 Å². The van der Waals surface area contributed by atoms with Crippen LogP contribution in [0.4, 0.5) is 0 Å². The van der Waals surface area contributed by atoms with Crippen molar-refractivity contribution in [2.24, 2.45) is 0 Å². The topological polar surface area (TPSA) is 74.1 Å². The lowest BCUT2D eigenvalue weighted by Crippen LogP contribution is -2.28. The Labute approximate surface area is 142 Å². The molecule has 3 aromatic rings. The number of rotatable bonds is 3. The average molecular weight is 342 g/mol. The van der Waals surface area contributed by atoms with Gasteiger partial charge < -0.3 is 4.74 Å². The molecule has 0 fully saturated rings. The molecule has 0 aliphatic carbocycles. The summed E-state index contributed by atoms with van der Waals surface area (Å²) in [5.74, 6) is -0.727. The van der Waals surface area contributed by atoms with Gasteiger partial charge in [0.2, 0.25) is 0 Å². The van der Waals surface area contributed by atoms with Crippen molar-refractivity contribution >= 4 is 17.6 Å². The lowest BCUT2D eigenvalue weighted by Gasteiger charge is -2.09. The second-order valence-corrected chi connectivity index (χ2v) is 5.31. The van der Waals surface area contributed by atoms with Crippen molar-refractivity contribution in [1.82, 2.24) is 14.8 Å². The molecule has 0 spiro atoms. The maximum absolute atomic E-state index is 12.6. The number of ether oxygens (including phenoxy) is 1. The van der Waals surface area contributed by atoms with Crippen LogP contribution < -0.4 is 5.56 Å². The number of carbonyl (C=O) groups is 1. The smallest absolute Gasteiger partial charge is 0.343 e. The molecule has 0 saturated heterocycles. The van der Waals surface area contributed by atoms with E-state index in [-0.39, 0.29) is 5.56 Å². The van der Waals surface area contributed by atoms with Gasteiger partial charge in [-0.2, -0.15) is 9.78 Å². The minimum atomic E-state index is -0.727. The van der Waals surface area contributed by atoms with Crippen molar-refractivity contribution in [3.63, 3.8) is 0 Å². The van der Waals surface area contributed by atoms with E-state index in [2.05, 4.69) is 10.1 Å². The number of methoxy groups -OCH3 is 1. The summed E-state index contributed by atoms with van der Waals surface area (Å²) in [6.45, 7) is 0. The Morgan fingerprint density at radius 2 is 1.96 bits per heavy atom. The van der Waals surface area contributed by atoms with Crippen molar-refractivity contribution < 1.29 is 9.53 Å². The highest BCUT2D eigenvalue weighted by atomic mass is 35.5. The first-order chi connectivity index (χ1) is 11.6. The van der Waals surface area contributed by atoms with E-state index >= 15 is 0 Å². The zero-order valence-electron chi connectivity index (χ0n) is 12.6. The van der Waals surface area contributed by atoms with E-state index in [1.165, 1.54) is 19.4 Å². The number of nitrogens with zero attached hydrogens (tertiary/aromatic N) is 3. The Hall–Kier alpha value is -2.99.